The first kappa shape index (κ1) is 15.2. The number of amides is 1. The molecule has 0 bridgehead atoms. The van der Waals surface area contributed by atoms with Crippen LogP contribution in [0.2, 0.25) is 10.0 Å². The van der Waals surface area contributed by atoms with Crippen LogP contribution in [0, 0.1) is 0 Å². The van der Waals surface area contributed by atoms with Gasteiger partial charge in [0.2, 0.25) is 0 Å². The lowest BCUT2D eigenvalue weighted by Gasteiger charge is -1.97. The van der Waals surface area contributed by atoms with Gasteiger partial charge in [-0.2, -0.15) is 0 Å². The van der Waals surface area contributed by atoms with Gasteiger partial charge < -0.3 is 5.32 Å². The van der Waals surface area contributed by atoms with E-state index in [0.29, 0.717) is 25.8 Å². The van der Waals surface area contributed by atoms with Crippen LogP contribution in [0.1, 0.15) is 5.56 Å². The lowest BCUT2D eigenvalue weighted by Crippen LogP contribution is -2.19. The van der Waals surface area contributed by atoms with Crippen molar-refractivity contribution in [2.45, 2.75) is 0 Å². The largest absolute Gasteiger partial charge is 0.300 e. The first-order valence-corrected chi connectivity index (χ1v) is 7.99. The summed E-state index contributed by atoms with van der Waals surface area (Å²) in [6.07, 6.45) is 1.75. The third kappa shape index (κ3) is 3.53. The summed E-state index contributed by atoms with van der Waals surface area (Å²) in [6, 6.07) is 14.5. The fourth-order valence-electron chi connectivity index (χ4n) is 1.88. The predicted molar refractivity (Wildman–Crippen MR) is 93.7 cm³/mol. The van der Waals surface area contributed by atoms with E-state index in [9.17, 15) is 4.79 Å². The van der Waals surface area contributed by atoms with Crippen LogP contribution in [-0.4, -0.2) is 11.1 Å². The van der Waals surface area contributed by atoms with Crippen molar-refractivity contribution in [2.24, 2.45) is 4.99 Å². The molecule has 2 aromatic carbocycles. The molecule has 3 nitrogen and oxygen atoms in total. The molecular formula is C16H10Cl2N2OS. The molecule has 0 radical (unpaired) electrons. The number of hydrogen-bond acceptors (Lipinski definition) is 3. The summed E-state index contributed by atoms with van der Waals surface area (Å²) in [6.45, 7) is 0. The highest BCUT2D eigenvalue weighted by Crippen LogP contribution is 2.30. The van der Waals surface area contributed by atoms with Crippen LogP contribution in [0.15, 0.2) is 58.4 Å². The second-order valence-electron chi connectivity index (χ2n) is 4.48. The third-order valence-corrected chi connectivity index (χ3v) is 4.37. The molecule has 0 saturated carbocycles. The number of carbonyl (C=O) groups is 1. The Kier molecular flexibility index (Phi) is 4.52. The van der Waals surface area contributed by atoms with Gasteiger partial charge in [-0.1, -0.05) is 47.5 Å². The van der Waals surface area contributed by atoms with Gasteiger partial charge in [-0.15, -0.1) is 0 Å². The van der Waals surface area contributed by atoms with E-state index in [4.69, 9.17) is 23.2 Å². The Balaban J connectivity index is 1.86. The summed E-state index contributed by atoms with van der Waals surface area (Å²) < 4.78 is 0. The van der Waals surface area contributed by atoms with Gasteiger partial charge in [0.1, 0.15) is 0 Å². The Labute approximate surface area is 142 Å². The maximum atomic E-state index is 12.0. The number of thioether (sulfide) groups is 1. The molecule has 0 aliphatic carbocycles. The van der Waals surface area contributed by atoms with E-state index in [-0.39, 0.29) is 5.91 Å². The molecule has 110 valence electrons. The highest BCUT2D eigenvalue weighted by molar-refractivity contribution is 8.18. The van der Waals surface area contributed by atoms with Crippen LogP contribution < -0.4 is 5.32 Å². The Bertz CT molecular complexity index is 802. The van der Waals surface area contributed by atoms with Crippen LogP contribution in [0.3, 0.4) is 0 Å². The van der Waals surface area contributed by atoms with E-state index in [0.717, 1.165) is 5.56 Å². The Hall–Kier alpha value is -1.75. The van der Waals surface area contributed by atoms with Crippen molar-refractivity contribution in [2.75, 3.05) is 0 Å². The first-order valence-electron chi connectivity index (χ1n) is 6.41. The quantitative estimate of drug-likeness (QED) is 0.785. The minimum absolute atomic E-state index is 0.189. The maximum Gasteiger partial charge on any atom is 0.264 e. The average Bonchev–Trinajstić information content (AvgIpc) is 2.81. The summed E-state index contributed by atoms with van der Waals surface area (Å²) in [4.78, 5) is 16.9. The van der Waals surface area contributed by atoms with Crippen molar-refractivity contribution in [3.8, 4) is 0 Å². The number of amidine groups is 1. The summed E-state index contributed by atoms with van der Waals surface area (Å²) in [5.74, 6) is -0.189. The van der Waals surface area contributed by atoms with Crippen molar-refractivity contribution in [1.82, 2.24) is 5.32 Å². The van der Waals surface area contributed by atoms with E-state index in [1.807, 2.05) is 30.3 Å². The number of aliphatic imine (C=N–C) groups is 1. The van der Waals surface area contributed by atoms with Gasteiger partial charge in [0.25, 0.3) is 5.91 Å². The van der Waals surface area contributed by atoms with Gasteiger partial charge in [0, 0.05) is 10.0 Å². The molecule has 1 amide bonds. The van der Waals surface area contributed by atoms with Crippen molar-refractivity contribution in [3.63, 3.8) is 0 Å². The van der Waals surface area contributed by atoms with Crippen molar-refractivity contribution in [1.29, 1.82) is 0 Å². The molecular weight excluding hydrogens is 339 g/mol. The highest BCUT2D eigenvalue weighted by atomic mass is 35.5. The topological polar surface area (TPSA) is 41.5 Å². The summed E-state index contributed by atoms with van der Waals surface area (Å²) in [5, 5.41) is 4.45. The molecule has 1 aliphatic rings. The van der Waals surface area contributed by atoms with Gasteiger partial charge in [-0.05, 0) is 47.7 Å². The smallest absolute Gasteiger partial charge is 0.264 e. The average molecular weight is 349 g/mol. The molecule has 1 N–H and O–H groups in total. The van der Waals surface area contributed by atoms with E-state index >= 15 is 0 Å². The van der Waals surface area contributed by atoms with Crippen LogP contribution in [-0.2, 0) is 4.79 Å². The monoisotopic (exact) mass is 348 g/mol. The van der Waals surface area contributed by atoms with Crippen LogP contribution in [0.5, 0.6) is 0 Å². The fourth-order valence-corrected chi connectivity index (χ4v) is 3.08. The number of nitrogens with zero attached hydrogens (tertiary/aromatic N) is 1. The Morgan fingerprint density at radius 3 is 2.68 bits per heavy atom. The second-order valence-corrected chi connectivity index (χ2v) is 6.36. The van der Waals surface area contributed by atoms with Crippen molar-refractivity contribution < 1.29 is 4.79 Å². The minimum atomic E-state index is -0.189. The number of benzene rings is 2. The number of rotatable bonds is 2. The van der Waals surface area contributed by atoms with Gasteiger partial charge in [0.05, 0.1) is 10.6 Å². The number of halogens is 2. The lowest BCUT2D eigenvalue weighted by molar-refractivity contribution is -0.115. The molecule has 6 heteroatoms. The van der Waals surface area contributed by atoms with Crippen LogP contribution in [0.4, 0.5) is 5.69 Å². The third-order valence-electron chi connectivity index (χ3n) is 2.88. The van der Waals surface area contributed by atoms with E-state index in [1.54, 1.807) is 24.3 Å². The van der Waals surface area contributed by atoms with Gasteiger partial charge in [-0.3, -0.25) is 4.79 Å². The molecule has 0 atom stereocenters. The van der Waals surface area contributed by atoms with E-state index in [1.165, 1.54) is 11.8 Å². The zero-order valence-corrected chi connectivity index (χ0v) is 13.5. The van der Waals surface area contributed by atoms with E-state index in [2.05, 4.69) is 10.3 Å². The van der Waals surface area contributed by atoms with Crippen LogP contribution in [0.25, 0.3) is 6.08 Å². The summed E-state index contributed by atoms with van der Waals surface area (Å²) in [5.41, 5.74) is 1.49. The van der Waals surface area contributed by atoms with E-state index < -0.39 is 0 Å². The predicted octanol–water partition coefficient (Wildman–Crippen LogP) is 4.89. The first-order chi connectivity index (χ1) is 10.6. The highest BCUT2D eigenvalue weighted by Gasteiger charge is 2.24. The van der Waals surface area contributed by atoms with Crippen LogP contribution >= 0.6 is 35.0 Å². The molecule has 3 rings (SSSR count). The molecule has 22 heavy (non-hydrogen) atoms. The lowest BCUT2D eigenvalue weighted by atomic mass is 10.2. The fraction of sp³-hybridized carbons (Fsp3) is 0. The second kappa shape index (κ2) is 6.57. The molecule has 1 heterocycles. The van der Waals surface area contributed by atoms with Gasteiger partial charge in [-0.25, -0.2) is 4.99 Å². The SMILES string of the molecule is O=C1NC(=Nc2cccc(Cl)c2)SC1=Cc1ccccc1Cl. The standard InChI is InChI=1S/C16H10Cl2N2OS/c17-11-5-3-6-12(9-11)19-16-20-15(21)14(22-16)8-10-4-1-2-7-13(10)18/h1-9H,(H,19,20,21). The molecule has 2 aromatic rings. The zero-order valence-electron chi connectivity index (χ0n) is 11.2. The number of carbonyl (C=O) groups excluding carboxylic acids is 1. The Morgan fingerprint density at radius 1 is 1.09 bits per heavy atom. The number of hydrogen-bond donors (Lipinski definition) is 1. The molecule has 1 aliphatic heterocycles. The number of nitrogens with one attached hydrogen (secondary N) is 1. The summed E-state index contributed by atoms with van der Waals surface area (Å²) >= 11 is 13.3. The van der Waals surface area contributed by atoms with Crippen molar-refractivity contribution >= 4 is 57.8 Å². The molecule has 1 saturated heterocycles. The molecule has 0 aromatic heterocycles. The maximum absolute atomic E-state index is 12.0. The van der Waals surface area contributed by atoms with Gasteiger partial charge in [0.15, 0.2) is 5.17 Å². The zero-order chi connectivity index (χ0) is 15.5. The molecule has 0 spiro atoms. The molecule has 0 unspecified atom stereocenters. The Morgan fingerprint density at radius 2 is 1.91 bits per heavy atom. The molecule has 1 fully saturated rings. The normalized spacial score (nSPS) is 18.0. The summed E-state index contributed by atoms with van der Waals surface area (Å²) in [7, 11) is 0. The van der Waals surface area contributed by atoms with Crippen molar-refractivity contribution in [3.05, 3.63) is 69.0 Å². The van der Waals surface area contributed by atoms with Gasteiger partial charge >= 0.3 is 0 Å². The minimum Gasteiger partial charge on any atom is -0.300 e.